The summed E-state index contributed by atoms with van der Waals surface area (Å²) in [7, 11) is -3.64. The molecule has 9 heteroatoms. The van der Waals surface area contributed by atoms with Crippen molar-refractivity contribution in [2.45, 2.75) is 4.90 Å². The van der Waals surface area contributed by atoms with Gasteiger partial charge in [-0.25, -0.2) is 8.42 Å². The molecule has 0 radical (unpaired) electrons. The Hall–Kier alpha value is -1.25. The summed E-state index contributed by atoms with van der Waals surface area (Å²) in [5.74, 6) is 0. The van der Waals surface area contributed by atoms with Crippen molar-refractivity contribution in [2.75, 3.05) is 4.72 Å². The van der Waals surface area contributed by atoms with Gasteiger partial charge in [0.15, 0.2) is 0 Å². The fraction of sp³-hybridized carbons (Fsp3) is 0. The maximum absolute atomic E-state index is 11.8. The predicted molar refractivity (Wildman–Crippen MR) is 60.0 cm³/mol. The number of hydrogen-bond donors (Lipinski definition) is 1. The number of nitrogens with zero attached hydrogens (tertiary/aromatic N) is 3. The van der Waals surface area contributed by atoms with Gasteiger partial charge in [-0.05, 0) is 29.5 Å². The lowest BCUT2D eigenvalue weighted by atomic mass is 10.4. The van der Waals surface area contributed by atoms with Crippen molar-refractivity contribution in [1.29, 1.82) is 0 Å². The minimum Gasteiger partial charge on any atom is -0.252 e. The van der Waals surface area contributed by atoms with Crippen molar-refractivity contribution in [3.63, 3.8) is 0 Å². The molecular weight excluding hydrogens is 272 g/mol. The maximum atomic E-state index is 11.8. The highest BCUT2D eigenvalue weighted by molar-refractivity contribution is 7.93. The molecule has 1 heterocycles. The molecule has 0 saturated carbocycles. The van der Waals surface area contributed by atoms with Crippen LogP contribution in [0.5, 0.6) is 0 Å². The van der Waals surface area contributed by atoms with Crippen LogP contribution >= 0.6 is 23.1 Å². The van der Waals surface area contributed by atoms with Gasteiger partial charge in [-0.15, -0.1) is 0 Å². The van der Waals surface area contributed by atoms with Crippen LogP contribution in [-0.2, 0) is 10.0 Å². The van der Waals surface area contributed by atoms with Gasteiger partial charge in [-0.3, -0.25) is 4.72 Å². The van der Waals surface area contributed by atoms with Crippen LogP contribution in [0.4, 0.5) is 5.13 Å². The Kier molecular flexibility index (Phi) is 3.03. The zero-order valence-corrected chi connectivity index (χ0v) is 10.1. The number of anilines is 1. The maximum Gasteiger partial charge on any atom is 0.263 e. The van der Waals surface area contributed by atoms with Crippen molar-refractivity contribution >= 4 is 38.3 Å². The third-order valence-electron chi connectivity index (χ3n) is 1.64. The average Bonchev–Trinajstić information content (AvgIpc) is 2.70. The molecule has 16 heavy (non-hydrogen) atoms. The zero-order valence-electron chi connectivity index (χ0n) is 7.66. The number of hydrogen-bond acceptors (Lipinski definition) is 6. The van der Waals surface area contributed by atoms with Gasteiger partial charge in [0.1, 0.15) is 0 Å². The Morgan fingerprint density at radius 3 is 2.50 bits per heavy atom. The highest BCUT2D eigenvalue weighted by atomic mass is 35.5. The number of sulfonamides is 1. The van der Waals surface area contributed by atoms with E-state index in [0.29, 0.717) is 5.02 Å². The summed E-state index contributed by atoms with van der Waals surface area (Å²) in [6, 6.07) is 5.79. The Balaban J connectivity index is 2.29. The summed E-state index contributed by atoms with van der Waals surface area (Å²) in [6.07, 6.45) is 0. The van der Waals surface area contributed by atoms with Crippen LogP contribution in [0, 0.1) is 0 Å². The van der Waals surface area contributed by atoms with Crippen LogP contribution < -0.4 is 4.72 Å². The molecule has 2 aromatic rings. The van der Waals surface area contributed by atoms with Crippen molar-refractivity contribution < 1.29 is 8.42 Å². The second-order valence-corrected chi connectivity index (χ2v) is 5.58. The van der Waals surface area contributed by atoms with Gasteiger partial charge in [0.2, 0.25) is 5.13 Å². The van der Waals surface area contributed by atoms with Gasteiger partial charge >= 0.3 is 0 Å². The predicted octanol–water partition coefficient (Wildman–Crippen LogP) is 1.39. The second-order valence-electron chi connectivity index (χ2n) is 2.73. The molecule has 0 aliphatic heterocycles. The number of nitrogens with one attached hydrogen (secondary N) is 1. The van der Waals surface area contributed by atoms with Crippen LogP contribution in [0.1, 0.15) is 0 Å². The van der Waals surface area contributed by atoms with E-state index in [1.165, 1.54) is 24.3 Å². The summed E-state index contributed by atoms with van der Waals surface area (Å²) >= 11 is 6.52. The molecular formula is C7H5ClN4O2S2. The Morgan fingerprint density at radius 2 is 1.94 bits per heavy atom. The summed E-state index contributed by atoms with van der Waals surface area (Å²) in [5.41, 5.74) is 0. The highest BCUT2D eigenvalue weighted by Crippen LogP contribution is 2.17. The lowest BCUT2D eigenvalue weighted by Gasteiger charge is -2.03. The van der Waals surface area contributed by atoms with Crippen LogP contribution in [0.2, 0.25) is 5.02 Å². The number of halogens is 1. The fourth-order valence-electron chi connectivity index (χ4n) is 0.961. The van der Waals surface area contributed by atoms with Crippen LogP contribution in [-0.4, -0.2) is 23.2 Å². The fourth-order valence-corrected chi connectivity index (χ4v) is 2.67. The quantitative estimate of drug-likeness (QED) is 0.916. The molecule has 1 aromatic carbocycles. The van der Waals surface area contributed by atoms with Gasteiger partial charge in [0.05, 0.1) is 4.90 Å². The van der Waals surface area contributed by atoms with Gasteiger partial charge in [0.25, 0.3) is 10.0 Å². The third-order valence-corrected chi connectivity index (χ3v) is 3.89. The highest BCUT2D eigenvalue weighted by Gasteiger charge is 2.15. The zero-order chi connectivity index (χ0) is 11.6. The lowest BCUT2D eigenvalue weighted by Crippen LogP contribution is -2.12. The molecule has 1 aromatic heterocycles. The topological polar surface area (TPSA) is 84.8 Å². The minimum absolute atomic E-state index is 0.104. The summed E-state index contributed by atoms with van der Waals surface area (Å²) in [6.45, 7) is 0. The van der Waals surface area contributed by atoms with E-state index in [0.717, 1.165) is 11.5 Å². The minimum atomic E-state index is -3.64. The first-order chi connectivity index (χ1) is 7.58. The molecule has 0 aliphatic rings. The van der Waals surface area contributed by atoms with E-state index in [9.17, 15) is 8.42 Å². The SMILES string of the molecule is O=S(=O)(Nc1nnns1)c1ccc(Cl)cc1. The first kappa shape index (κ1) is 11.2. The Morgan fingerprint density at radius 1 is 1.25 bits per heavy atom. The molecule has 0 amide bonds. The molecule has 0 saturated heterocycles. The summed E-state index contributed by atoms with van der Waals surface area (Å²) < 4.78 is 29.2. The molecule has 1 N–H and O–H groups in total. The molecule has 0 bridgehead atoms. The van der Waals surface area contributed by atoms with E-state index in [-0.39, 0.29) is 10.0 Å². The number of benzene rings is 1. The largest absolute Gasteiger partial charge is 0.263 e. The number of aromatic nitrogens is 3. The lowest BCUT2D eigenvalue weighted by molar-refractivity contribution is 0.601. The van der Waals surface area contributed by atoms with Crippen molar-refractivity contribution in [3.05, 3.63) is 29.3 Å². The van der Waals surface area contributed by atoms with Gasteiger partial charge in [-0.2, -0.15) is 0 Å². The third kappa shape index (κ3) is 2.46. The second kappa shape index (κ2) is 4.32. The monoisotopic (exact) mass is 276 g/mol. The van der Waals surface area contributed by atoms with Crippen molar-refractivity contribution in [2.24, 2.45) is 0 Å². The standard InChI is InChI=1S/C7H5ClN4O2S2/c8-5-1-3-6(4-2-5)16(13,14)10-7-9-11-12-15-7/h1-4H,(H,9,10,12). The Bertz CT molecular complexity index is 567. The summed E-state index contributed by atoms with van der Waals surface area (Å²) in [4.78, 5) is 0.104. The molecule has 84 valence electrons. The van der Waals surface area contributed by atoms with Gasteiger partial charge in [0, 0.05) is 16.6 Å². The first-order valence-corrected chi connectivity index (χ1v) is 6.65. The van der Waals surface area contributed by atoms with Crippen LogP contribution in [0.15, 0.2) is 29.2 Å². The van der Waals surface area contributed by atoms with E-state index in [1.807, 2.05) is 0 Å². The average molecular weight is 277 g/mol. The van der Waals surface area contributed by atoms with Gasteiger partial charge < -0.3 is 0 Å². The molecule has 0 unspecified atom stereocenters. The van der Waals surface area contributed by atoms with E-state index < -0.39 is 10.0 Å². The molecule has 0 spiro atoms. The smallest absolute Gasteiger partial charge is 0.252 e. The van der Waals surface area contributed by atoms with E-state index in [1.54, 1.807) is 0 Å². The van der Waals surface area contributed by atoms with E-state index in [4.69, 9.17) is 11.6 Å². The molecule has 2 rings (SSSR count). The summed E-state index contributed by atoms with van der Waals surface area (Å²) in [5, 5.41) is 7.36. The Labute approximate surface area is 100 Å². The van der Waals surface area contributed by atoms with Crippen molar-refractivity contribution in [1.82, 2.24) is 14.8 Å². The molecule has 6 nitrogen and oxygen atoms in total. The number of rotatable bonds is 3. The normalized spacial score (nSPS) is 11.3. The molecule has 0 fully saturated rings. The van der Waals surface area contributed by atoms with Crippen LogP contribution in [0.25, 0.3) is 0 Å². The van der Waals surface area contributed by atoms with Gasteiger partial charge in [-0.1, -0.05) is 21.2 Å². The van der Waals surface area contributed by atoms with E-state index in [2.05, 4.69) is 19.5 Å². The molecule has 0 aliphatic carbocycles. The van der Waals surface area contributed by atoms with E-state index >= 15 is 0 Å². The first-order valence-electron chi connectivity index (χ1n) is 4.01. The van der Waals surface area contributed by atoms with Crippen molar-refractivity contribution in [3.8, 4) is 0 Å². The molecule has 0 atom stereocenters. The van der Waals surface area contributed by atoms with Crippen LogP contribution in [0.3, 0.4) is 0 Å².